The van der Waals surface area contributed by atoms with E-state index in [1.807, 2.05) is 17.5 Å². The van der Waals surface area contributed by atoms with Gasteiger partial charge < -0.3 is 10.2 Å². The maximum atomic E-state index is 5.73. The van der Waals surface area contributed by atoms with Gasteiger partial charge in [-0.1, -0.05) is 17.8 Å². The van der Waals surface area contributed by atoms with Crippen molar-refractivity contribution in [3.63, 3.8) is 0 Å². The number of hydrogen-bond donors (Lipinski definition) is 1. The van der Waals surface area contributed by atoms with Crippen molar-refractivity contribution in [1.82, 2.24) is 15.0 Å². The van der Waals surface area contributed by atoms with E-state index in [2.05, 4.69) is 15.0 Å². The molecule has 3 aromatic heterocycles. The molecule has 3 rings (SSSR count). The molecule has 7 heteroatoms. The van der Waals surface area contributed by atoms with Crippen molar-refractivity contribution in [3.8, 4) is 10.8 Å². The molecule has 0 radical (unpaired) electrons. The summed E-state index contributed by atoms with van der Waals surface area (Å²) in [6.45, 7) is 0. The summed E-state index contributed by atoms with van der Waals surface area (Å²) in [7, 11) is 0. The van der Waals surface area contributed by atoms with E-state index < -0.39 is 0 Å². The first-order valence-electron chi connectivity index (χ1n) is 5.50. The van der Waals surface area contributed by atoms with Crippen molar-refractivity contribution in [2.24, 2.45) is 0 Å². The lowest BCUT2D eigenvalue weighted by molar-refractivity contribution is 0.575. The van der Waals surface area contributed by atoms with E-state index in [1.165, 1.54) is 11.8 Å². The lowest BCUT2D eigenvalue weighted by Crippen LogP contribution is -1.95. The summed E-state index contributed by atoms with van der Waals surface area (Å²) < 4.78 is 5.45. The largest absolute Gasteiger partial charge is 0.444 e. The predicted octanol–water partition coefficient (Wildman–Crippen LogP) is 3.07. The summed E-state index contributed by atoms with van der Waals surface area (Å²) in [6.07, 6.45) is 4.86. The van der Waals surface area contributed by atoms with E-state index >= 15 is 0 Å². The topological polar surface area (TPSA) is 77.8 Å². The molecule has 19 heavy (non-hydrogen) atoms. The molecule has 0 saturated heterocycles. The highest BCUT2D eigenvalue weighted by molar-refractivity contribution is 7.98. The quantitative estimate of drug-likeness (QED) is 0.744. The number of hydrogen-bond acceptors (Lipinski definition) is 7. The number of nitrogen functional groups attached to an aromatic ring is 1. The first-order valence-corrected chi connectivity index (χ1v) is 7.37. The molecule has 0 fully saturated rings. The second-order valence-electron chi connectivity index (χ2n) is 3.66. The van der Waals surface area contributed by atoms with Crippen LogP contribution in [0.3, 0.4) is 0 Å². The molecule has 0 aliphatic rings. The normalized spacial score (nSPS) is 10.7. The van der Waals surface area contributed by atoms with Gasteiger partial charge in [0.25, 0.3) is 0 Å². The lowest BCUT2D eigenvalue weighted by Gasteiger charge is -2.00. The minimum atomic E-state index is 0.439. The molecule has 3 aromatic rings. The molecular weight excluding hydrogens is 280 g/mol. The molecule has 0 aliphatic heterocycles. The van der Waals surface area contributed by atoms with Crippen LogP contribution < -0.4 is 5.73 Å². The third-order valence-corrected chi connectivity index (χ3v) is 4.22. The molecule has 0 bridgehead atoms. The highest BCUT2D eigenvalue weighted by atomic mass is 32.2. The summed E-state index contributed by atoms with van der Waals surface area (Å²) >= 11 is 3.09. The van der Waals surface area contributed by atoms with Gasteiger partial charge in [0.1, 0.15) is 11.3 Å². The van der Waals surface area contributed by atoms with Crippen LogP contribution in [0.2, 0.25) is 0 Å². The van der Waals surface area contributed by atoms with Crippen molar-refractivity contribution >= 4 is 28.9 Å². The van der Waals surface area contributed by atoms with Crippen LogP contribution in [-0.2, 0) is 5.75 Å². The molecular formula is C12H10N4OS2. The molecule has 0 atom stereocenters. The maximum absolute atomic E-state index is 5.73. The standard InChI is InChI=1S/C12H10N4OS2/c13-10-12(15-4-3-14-10)19-7-8-6-17-11(16-8)9-2-1-5-18-9/h1-6H,7H2,(H2,13,14). The van der Waals surface area contributed by atoms with Gasteiger partial charge in [0, 0.05) is 18.1 Å². The molecule has 0 spiro atoms. The van der Waals surface area contributed by atoms with Crippen LogP contribution in [0.1, 0.15) is 5.69 Å². The van der Waals surface area contributed by atoms with Crippen LogP contribution in [0.4, 0.5) is 5.82 Å². The SMILES string of the molecule is Nc1nccnc1SCc1coc(-c2cccs2)n1. The number of nitrogens with zero attached hydrogens (tertiary/aromatic N) is 3. The number of nitrogens with two attached hydrogens (primary N) is 1. The average Bonchev–Trinajstić information content (AvgIpc) is 3.09. The molecule has 5 nitrogen and oxygen atoms in total. The Morgan fingerprint density at radius 3 is 3.00 bits per heavy atom. The maximum Gasteiger partial charge on any atom is 0.236 e. The molecule has 0 saturated carbocycles. The fraction of sp³-hybridized carbons (Fsp3) is 0.0833. The van der Waals surface area contributed by atoms with E-state index in [1.54, 1.807) is 30.0 Å². The van der Waals surface area contributed by atoms with Gasteiger partial charge in [0.15, 0.2) is 5.82 Å². The number of thioether (sulfide) groups is 1. The van der Waals surface area contributed by atoms with Crippen LogP contribution in [-0.4, -0.2) is 15.0 Å². The van der Waals surface area contributed by atoms with E-state index in [9.17, 15) is 0 Å². The van der Waals surface area contributed by atoms with E-state index in [0.717, 1.165) is 10.6 Å². The first kappa shape index (κ1) is 12.2. The highest BCUT2D eigenvalue weighted by Crippen LogP contribution is 2.27. The van der Waals surface area contributed by atoms with Gasteiger partial charge >= 0.3 is 0 Å². The van der Waals surface area contributed by atoms with Gasteiger partial charge in [-0.2, -0.15) is 0 Å². The summed E-state index contributed by atoms with van der Waals surface area (Å²) in [5.74, 6) is 1.74. The molecule has 0 unspecified atom stereocenters. The Morgan fingerprint density at radius 1 is 1.32 bits per heavy atom. The second kappa shape index (κ2) is 5.41. The van der Waals surface area contributed by atoms with Gasteiger partial charge in [0.05, 0.1) is 10.6 Å². The molecule has 0 aromatic carbocycles. The first-order chi connectivity index (χ1) is 9.33. The van der Waals surface area contributed by atoms with Gasteiger partial charge in [-0.25, -0.2) is 15.0 Å². The van der Waals surface area contributed by atoms with Gasteiger partial charge in [0.2, 0.25) is 5.89 Å². The van der Waals surface area contributed by atoms with E-state index in [4.69, 9.17) is 10.2 Å². The zero-order valence-electron chi connectivity index (χ0n) is 9.81. The third-order valence-electron chi connectivity index (χ3n) is 2.33. The summed E-state index contributed by atoms with van der Waals surface area (Å²) in [6, 6.07) is 3.95. The van der Waals surface area contributed by atoms with Crippen molar-refractivity contribution in [1.29, 1.82) is 0 Å². The Hall–Kier alpha value is -1.86. The van der Waals surface area contributed by atoms with Crippen LogP contribution in [0, 0.1) is 0 Å². The fourth-order valence-corrected chi connectivity index (χ4v) is 2.88. The Labute approximate surface area is 117 Å². The van der Waals surface area contributed by atoms with Crippen LogP contribution in [0.15, 0.2) is 45.6 Å². The van der Waals surface area contributed by atoms with Crippen molar-refractivity contribution < 1.29 is 4.42 Å². The summed E-state index contributed by atoms with van der Waals surface area (Å²) in [5.41, 5.74) is 6.59. The smallest absolute Gasteiger partial charge is 0.236 e. The molecule has 0 aliphatic carbocycles. The monoisotopic (exact) mass is 290 g/mol. The summed E-state index contributed by atoms with van der Waals surface area (Å²) in [4.78, 5) is 13.6. The predicted molar refractivity (Wildman–Crippen MR) is 75.8 cm³/mol. The Kier molecular flexibility index (Phi) is 3.47. The van der Waals surface area contributed by atoms with Gasteiger partial charge in [-0.05, 0) is 11.4 Å². The summed E-state index contributed by atoms with van der Waals surface area (Å²) in [5, 5.41) is 2.71. The van der Waals surface area contributed by atoms with Gasteiger partial charge in [-0.3, -0.25) is 0 Å². The van der Waals surface area contributed by atoms with E-state index in [-0.39, 0.29) is 0 Å². The lowest BCUT2D eigenvalue weighted by atomic mass is 10.5. The molecule has 0 amide bonds. The van der Waals surface area contributed by atoms with Crippen LogP contribution >= 0.6 is 23.1 Å². The molecule has 2 N–H and O–H groups in total. The Morgan fingerprint density at radius 2 is 2.21 bits per heavy atom. The van der Waals surface area contributed by atoms with Crippen molar-refractivity contribution in [2.45, 2.75) is 10.8 Å². The Balaban J connectivity index is 1.70. The number of rotatable bonds is 4. The molecule has 3 heterocycles. The minimum absolute atomic E-state index is 0.439. The second-order valence-corrected chi connectivity index (χ2v) is 5.57. The number of anilines is 1. The minimum Gasteiger partial charge on any atom is -0.444 e. The van der Waals surface area contributed by atoms with Crippen molar-refractivity contribution in [3.05, 3.63) is 41.9 Å². The van der Waals surface area contributed by atoms with Crippen LogP contribution in [0.5, 0.6) is 0 Å². The van der Waals surface area contributed by atoms with Gasteiger partial charge in [-0.15, -0.1) is 11.3 Å². The Bertz CT molecular complexity index is 666. The number of oxazole rings is 1. The zero-order chi connectivity index (χ0) is 13.1. The van der Waals surface area contributed by atoms with Crippen LogP contribution in [0.25, 0.3) is 10.8 Å². The van der Waals surface area contributed by atoms with Crippen molar-refractivity contribution in [2.75, 3.05) is 5.73 Å². The third kappa shape index (κ3) is 2.77. The average molecular weight is 290 g/mol. The molecule has 96 valence electrons. The zero-order valence-corrected chi connectivity index (χ0v) is 11.4. The highest BCUT2D eigenvalue weighted by Gasteiger charge is 2.09. The van der Waals surface area contributed by atoms with E-state index in [0.29, 0.717) is 22.5 Å². The number of thiophene rings is 1. The fourth-order valence-electron chi connectivity index (χ4n) is 1.48. The number of aromatic nitrogens is 3.